The molecule has 0 aliphatic carbocycles. The molecule has 1 heterocycles. The van der Waals surface area contributed by atoms with Gasteiger partial charge in [0.15, 0.2) is 0 Å². The van der Waals surface area contributed by atoms with Gasteiger partial charge in [0, 0.05) is 22.5 Å². The molecule has 1 atom stereocenters. The van der Waals surface area contributed by atoms with Crippen LogP contribution in [0.25, 0.3) is 0 Å². The predicted octanol–water partition coefficient (Wildman–Crippen LogP) is 5.08. The molecule has 0 bridgehead atoms. The van der Waals surface area contributed by atoms with Crippen LogP contribution in [0.3, 0.4) is 0 Å². The van der Waals surface area contributed by atoms with Crippen molar-refractivity contribution < 1.29 is 8.78 Å². The maximum atomic E-state index is 14.1. The minimum Gasteiger partial charge on any atom is -0.303 e. The van der Waals surface area contributed by atoms with E-state index in [0.717, 1.165) is 10.9 Å². The van der Waals surface area contributed by atoms with E-state index >= 15 is 0 Å². The molecule has 0 saturated carbocycles. The molecule has 1 aromatic heterocycles. The summed E-state index contributed by atoms with van der Waals surface area (Å²) >= 11 is 7.36. The van der Waals surface area contributed by atoms with E-state index in [1.807, 2.05) is 19.9 Å². The summed E-state index contributed by atoms with van der Waals surface area (Å²) in [7, 11) is 0. The van der Waals surface area contributed by atoms with Gasteiger partial charge in [-0.2, -0.15) is 0 Å². The van der Waals surface area contributed by atoms with Gasteiger partial charge in [-0.3, -0.25) is 0 Å². The molecule has 1 unspecified atom stereocenters. The average molecular weight is 316 g/mol. The monoisotopic (exact) mass is 315 g/mol. The quantitative estimate of drug-likeness (QED) is 0.830. The van der Waals surface area contributed by atoms with Crippen molar-refractivity contribution in [3.05, 3.63) is 56.2 Å². The van der Waals surface area contributed by atoms with E-state index in [2.05, 4.69) is 5.32 Å². The Morgan fingerprint density at radius 1 is 1.15 bits per heavy atom. The van der Waals surface area contributed by atoms with Crippen LogP contribution < -0.4 is 5.32 Å². The number of halogens is 3. The van der Waals surface area contributed by atoms with Crippen LogP contribution in [0.15, 0.2) is 24.3 Å². The highest BCUT2D eigenvalue weighted by Gasteiger charge is 2.21. The molecule has 2 aromatic rings. The van der Waals surface area contributed by atoms with Crippen LogP contribution >= 0.6 is 22.9 Å². The zero-order valence-electron chi connectivity index (χ0n) is 11.5. The lowest BCUT2D eigenvalue weighted by molar-refractivity contribution is 0.500. The van der Waals surface area contributed by atoms with Crippen molar-refractivity contribution in [1.82, 2.24) is 5.32 Å². The molecule has 0 spiro atoms. The van der Waals surface area contributed by atoms with Gasteiger partial charge < -0.3 is 5.32 Å². The van der Waals surface area contributed by atoms with E-state index in [1.54, 1.807) is 19.1 Å². The molecule has 0 aliphatic rings. The van der Waals surface area contributed by atoms with Gasteiger partial charge in [-0.05, 0) is 44.5 Å². The number of nitrogens with one attached hydrogen (secondary N) is 1. The van der Waals surface area contributed by atoms with E-state index in [-0.39, 0.29) is 12.1 Å². The van der Waals surface area contributed by atoms with Gasteiger partial charge in [-0.15, -0.1) is 11.3 Å². The van der Waals surface area contributed by atoms with E-state index in [1.165, 1.54) is 11.3 Å². The lowest BCUT2D eigenvalue weighted by Gasteiger charge is -2.22. The van der Waals surface area contributed by atoms with Gasteiger partial charge in [0.25, 0.3) is 0 Å². The zero-order chi connectivity index (χ0) is 14.9. The van der Waals surface area contributed by atoms with Gasteiger partial charge in [-0.1, -0.05) is 11.6 Å². The topological polar surface area (TPSA) is 12.0 Å². The standard InChI is InChI=1S/C15H16ClF2NS/c1-8(2)19-15(13-4-5-14(16)20-13)10-6-9(3)11(17)7-12(10)18/h4-8,15,19H,1-3H3. The minimum atomic E-state index is -0.546. The number of hydrogen-bond donors (Lipinski definition) is 1. The van der Waals surface area contributed by atoms with E-state index in [4.69, 9.17) is 11.6 Å². The van der Waals surface area contributed by atoms with Crippen LogP contribution in [0, 0.1) is 18.6 Å². The van der Waals surface area contributed by atoms with Crippen molar-refractivity contribution >= 4 is 22.9 Å². The Kier molecular flexibility index (Phi) is 4.78. The molecule has 2 rings (SSSR count). The smallest absolute Gasteiger partial charge is 0.131 e. The van der Waals surface area contributed by atoms with Gasteiger partial charge in [-0.25, -0.2) is 8.78 Å². The summed E-state index contributed by atoms with van der Waals surface area (Å²) in [6, 6.07) is 5.97. The highest BCUT2D eigenvalue weighted by molar-refractivity contribution is 7.16. The molecule has 5 heteroatoms. The summed E-state index contributed by atoms with van der Waals surface area (Å²) in [5.74, 6) is -1.07. The van der Waals surface area contributed by atoms with Crippen LogP contribution in [-0.4, -0.2) is 6.04 Å². The molecule has 1 aromatic carbocycles. The Hall–Kier alpha value is -0.970. The largest absolute Gasteiger partial charge is 0.303 e. The molecule has 1 nitrogen and oxygen atoms in total. The Morgan fingerprint density at radius 3 is 2.40 bits per heavy atom. The number of rotatable bonds is 4. The molecule has 0 amide bonds. The number of hydrogen-bond acceptors (Lipinski definition) is 2. The fraction of sp³-hybridized carbons (Fsp3) is 0.333. The zero-order valence-corrected chi connectivity index (χ0v) is 13.1. The number of thiophene rings is 1. The van der Waals surface area contributed by atoms with Gasteiger partial charge in [0.1, 0.15) is 11.6 Å². The average Bonchev–Trinajstić information content (AvgIpc) is 2.77. The molecule has 0 aliphatic heterocycles. The molecule has 0 saturated heterocycles. The van der Waals surface area contributed by atoms with Crippen LogP contribution in [0.4, 0.5) is 8.78 Å². The first-order valence-corrected chi connectivity index (χ1v) is 7.54. The van der Waals surface area contributed by atoms with Gasteiger partial charge in [0.05, 0.1) is 10.4 Å². The third-order valence-electron chi connectivity index (χ3n) is 2.97. The molecule has 108 valence electrons. The lowest BCUT2D eigenvalue weighted by Crippen LogP contribution is -2.29. The first-order chi connectivity index (χ1) is 9.38. The van der Waals surface area contributed by atoms with Crippen LogP contribution in [0.1, 0.15) is 35.9 Å². The van der Waals surface area contributed by atoms with E-state index in [0.29, 0.717) is 15.5 Å². The van der Waals surface area contributed by atoms with Crippen LogP contribution in [0.5, 0.6) is 0 Å². The SMILES string of the molecule is Cc1cc(C(NC(C)C)c2ccc(Cl)s2)c(F)cc1F. The third-order valence-corrected chi connectivity index (χ3v) is 4.26. The summed E-state index contributed by atoms with van der Waals surface area (Å²) < 4.78 is 28.2. The maximum Gasteiger partial charge on any atom is 0.131 e. The second kappa shape index (κ2) is 6.20. The highest BCUT2D eigenvalue weighted by atomic mass is 35.5. The Balaban J connectivity index is 2.49. The molecule has 20 heavy (non-hydrogen) atoms. The number of benzene rings is 1. The summed E-state index contributed by atoms with van der Waals surface area (Å²) in [6.07, 6.45) is 0. The second-order valence-electron chi connectivity index (χ2n) is 5.02. The molecular weight excluding hydrogens is 300 g/mol. The van der Waals surface area contributed by atoms with E-state index < -0.39 is 11.6 Å². The minimum absolute atomic E-state index is 0.158. The fourth-order valence-corrected chi connectivity index (χ4v) is 3.18. The second-order valence-corrected chi connectivity index (χ2v) is 6.77. The first kappa shape index (κ1) is 15.4. The fourth-order valence-electron chi connectivity index (χ4n) is 2.04. The molecule has 1 N–H and O–H groups in total. The molecular formula is C15H16ClF2NS. The molecule has 0 radical (unpaired) electrons. The summed E-state index contributed by atoms with van der Waals surface area (Å²) in [5.41, 5.74) is 0.871. The van der Waals surface area contributed by atoms with Crippen molar-refractivity contribution in [3.63, 3.8) is 0 Å². The summed E-state index contributed by atoms with van der Waals surface area (Å²) in [6.45, 7) is 5.60. The van der Waals surface area contributed by atoms with Crippen LogP contribution in [0.2, 0.25) is 4.34 Å². The predicted molar refractivity (Wildman–Crippen MR) is 80.5 cm³/mol. The Bertz CT molecular complexity index is 610. The number of aryl methyl sites for hydroxylation is 1. The van der Waals surface area contributed by atoms with Gasteiger partial charge in [0.2, 0.25) is 0 Å². The maximum absolute atomic E-state index is 14.1. The Morgan fingerprint density at radius 2 is 1.85 bits per heavy atom. The van der Waals surface area contributed by atoms with Gasteiger partial charge >= 0.3 is 0 Å². The highest BCUT2D eigenvalue weighted by Crippen LogP contribution is 2.33. The molecule has 0 fully saturated rings. The summed E-state index contributed by atoms with van der Waals surface area (Å²) in [5, 5.41) is 3.30. The van der Waals surface area contributed by atoms with Crippen molar-refractivity contribution in [3.8, 4) is 0 Å². The van der Waals surface area contributed by atoms with E-state index in [9.17, 15) is 8.78 Å². The van der Waals surface area contributed by atoms with Crippen molar-refractivity contribution in [2.24, 2.45) is 0 Å². The Labute approximate surface area is 126 Å². The lowest BCUT2D eigenvalue weighted by atomic mass is 10.0. The van der Waals surface area contributed by atoms with Crippen LogP contribution in [-0.2, 0) is 0 Å². The first-order valence-electron chi connectivity index (χ1n) is 6.35. The third kappa shape index (κ3) is 3.37. The van der Waals surface area contributed by atoms with Crippen molar-refractivity contribution in [2.45, 2.75) is 32.9 Å². The normalized spacial score (nSPS) is 12.9. The summed E-state index contributed by atoms with van der Waals surface area (Å²) in [4.78, 5) is 0.911. The van der Waals surface area contributed by atoms with Crippen molar-refractivity contribution in [1.29, 1.82) is 0 Å². The van der Waals surface area contributed by atoms with Crippen molar-refractivity contribution in [2.75, 3.05) is 0 Å².